The standard InChI is InChI=1S/C24H27N5O3/c1-32-23(30)20-9-11-21(12-10-20)26-24(31)28-13-5-8-19(16-28)14-22-27-25-17-29(22)15-18-6-3-2-4-7-18/h2-4,6-7,9-12,17,19H,5,8,13-16H2,1H3,(H,26,31). The number of benzene rings is 2. The largest absolute Gasteiger partial charge is 0.465 e. The average Bonchev–Trinajstić information content (AvgIpc) is 3.26. The highest BCUT2D eigenvalue weighted by molar-refractivity contribution is 5.92. The molecule has 1 unspecified atom stereocenters. The van der Waals surface area contributed by atoms with Gasteiger partial charge in [0, 0.05) is 25.2 Å². The van der Waals surface area contributed by atoms with Crippen molar-refractivity contribution in [1.82, 2.24) is 19.7 Å². The predicted molar refractivity (Wildman–Crippen MR) is 120 cm³/mol. The van der Waals surface area contributed by atoms with Crippen molar-refractivity contribution in [2.24, 2.45) is 5.92 Å². The van der Waals surface area contributed by atoms with Crippen LogP contribution in [0.1, 0.15) is 34.6 Å². The molecule has 1 fully saturated rings. The van der Waals surface area contributed by atoms with E-state index < -0.39 is 5.97 Å². The van der Waals surface area contributed by atoms with E-state index in [0.717, 1.165) is 38.2 Å². The van der Waals surface area contributed by atoms with Crippen LogP contribution >= 0.6 is 0 Å². The summed E-state index contributed by atoms with van der Waals surface area (Å²) in [5.74, 6) is 0.872. The summed E-state index contributed by atoms with van der Waals surface area (Å²) in [6, 6.07) is 16.8. The average molecular weight is 434 g/mol. The Bertz CT molecular complexity index is 1050. The molecule has 4 rings (SSSR count). The van der Waals surface area contributed by atoms with Crippen molar-refractivity contribution in [1.29, 1.82) is 0 Å². The Morgan fingerprint density at radius 2 is 1.91 bits per heavy atom. The fraction of sp³-hybridized carbons (Fsp3) is 0.333. The first-order chi connectivity index (χ1) is 15.6. The molecule has 0 bridgehead atoms. The topological polar surface area (TPSA) is 89.3 Å². The quantitative estimate of drug-likeness (QED) is 0.600. The molecule has 8 heteroatoms. The molecule has 1 saturated heterocycles. The van der Waals surface area contributed by atoms with Gasteiger partial charge in [0.15, 0.2) is 0 Å². The Balaban J connectivity index is 1.34. The maximum absolute atomic E-state index is 12.8. The Hall–Kier alpha value is -3.68. The maximum Gasteiger partial charge on any atom is 0.337 e. The van der Waals surface area contributed by atoms with Gasteiger partial charge in [-0.05, 0) is 48.6 Å². The smallest absolute Gasteiger partial charge is 0.337 e. The summed E-state index contributed by atoms with van der Waals surface area (Å²) in [5.41, 5.74) is 2.30. The molecule has 1 aliphatic heterocycles. The molecule has 0 aliphatic carbocycles. The van der Waals surface area contributed by atoms with Gasteiger partial charge in [-0.2, -0.15) is 0 Å². The molecule has 166 valence electrons. The Labute approximate surface area is 187 Å². The van der Waals surface area contributed by atoms with E-state index in [1.54, 1.807) is 30.6 Å². The Kier molecular flexibility index (Phi) is 6.79. The number of hydrogen-bond donors (Lipinski definition) is 1. The van der Waals surface area contributed by atoms with Crippen LogP contribution < -0.4 is 5.32 Å². The number of likely N-dealkylation sites (tertiary alicyclic amines) is 1. The molecule has 1 aliphatic rings. The van der Waals surface area contributed by atoms with E-state index >= 15 is 0 Å². The molecule has 0 radical (unpaired) electrons. The third kappa shape index (κ3) is 5.32. The molecule has 0 spiro atoms. The van der Waals surface area contributed by atoms with Crippen molar-refractivity contribution in [2.45, 2.75) is 25.8 Å². The highest BCUT2D eigenvalue weighted by atomic mass is 16.5. The second kappa shape index (κ2) is 10.1. The fourth-order valence-corrected chi connectivity index (χ4v) is 4.03. The van der Waals surface area contributed by atoms with Crippen molar-refractivity contribution in [3.63, 3.8) is 0 Å². The monoisotopic (exact) mass is 433 g/mol. The number of aromatic nitrogens is 3. The summed E-state index contributed by atoms with van der Waals surface area (Å²) >= 11 is 0. The number of rotatable bonds is 6. The number of nitrogens with one attached hydrogen (secondary N) is 1. The lowest BCUT2D eigenvalue weighted by Gasteiger charge is -2.32. The third-order valence-electron chi connectivity index (χ3n) is 5.73. The minimum Gasteiger partial charge on any atom is -0.465 e. The van der Waals surface area contributed by atoms with Crippen LogP contribution in [-0.2, 0) is 17.7 Å². The van der Waals surface area contributed by atoms with Crippen LogP contribution in [0.2, 0.25) is 0 Å². The van der Waals surface area contributed by atoms with E-state index in [0.29, 0.717) is 23.7 Å². The molecule has 2 amide bonds. The van der Waals surface area contributed by atoms with Gasteiger partial charge in [0.25, 0.3) is 0 Å². The number of ether oxygens (including phenoxy) is 1. The minimum absolute atomic E-state index is 0.133. The number of carbonyl (C=O) groups excluding carboxylic acids is 2. The van der Waals surface area contributed by atoms with E-state index in [-0.39, 0.29) is 6.03 Å². The van der Waals surface area contributed by atoms with Crippen LogP contribution in [-0.4, -0.2) is 51.9 Å². The van der Waals surface area contributed by atoms with Gasteiger partial charge in [0.1, 0.15) is 12.2 Å². The molecule has 0 saturated carbocycles. The molecule has 1 N–H and O–H groups in total. The van der Waals surface area contributed by atoms with Crippen molar-refractivity contribution in [2.75, 3.05) is 25.5 Å². The molecule has 2 aromatic carbocycles. The van der Waals surface area contributed by atoms with Gasteiger partial charge in [-0.25, -0.2) is 9.59 Å². The molecule has 8 nitrogen and oxygen atoms in total. The fourth-order valence-electron chi connectivity index (χ4n) is 4.03. The van der Waals surface area contributed by atoms with Crippen LogP contribution in [0.15, 0.2) is 60.9 Å². The van der Waals surface area contributed by atoms with Gasteiger partial charge in [-0.1, -0.05) is 30.3 Å². The summed E-state index contributed by atoms with van der Waals surface area (Å²) in [6.45, 7) is 2.13. The summed E-state index contributed by atoms with van der Waals surface area (Å²) in [7, 11) is 1.34. The summed E-state index contributed by atoms with van der Waals surface area (Å²) in [4.78, 5) is 26.2. The van der Waals surface area contributed by atoms with Crippen LogP contribution in [0.25, 0.3) is 0 Å². The van der Waals surface area contributed by atoms with E-state index in [1.165, 1.54) is 12.7 Å². The number of piperidine rings is 1. The first kappa shape index (κ1) is 21.5. The molecule has 1 atom stereocenters. The predicted octanol–water partition coefficient (Wildman–Crippen LogP) is 3.60. The van der Waals surface area contributed by atoms with Gasteiger partial charge < -0.3 is 19.5 Å². The van der Waals surface area contributed by atoms with E-state index in [4.69, 9.17) is 4.74 Å². The molecule has 3 aromatic rings. The highest BCUT2D eigenvalue weighted by Gasteiger charge is 2.25. The first-order valence-corrected chi connectivity index (χ1v) is 10.8. The molecule has 32 heavy (non-hydrogen) atoms. The number of anilines is 1. The number of methoxy groups -OCH3 is 1. The first-order valence-electron chi connectivity index (χ1n) is 10.8. The SMILES string of the molecule is COC(=O)c1ccc(NC(=O)N2CCCC(Cc3nncn3Cc3ccccc3)C2)cc1. The molecular weight excluding hydrogens is 406 g/mol. The lowest BCUT2D eigenvalue weighted by Crippen LogP contribution is -2.43. The third-order valence-corrected chi connectivity index (χ3v) is 5.73. The zero-order valence-electron chi connectivity index (χ0n) is 18.1. The lowest BCUT2D eigenvalue weighted by molar-refractivity contribution is 0.0600. The number of hydrogen-bond acceptors (Lipinski definition) is 5. The van der Waals surface area contributed by atoms with Crippen molar-refractivity contribution in [3.8, 4) is 0 Å². The Morgan fingerprint density at radius 3 is 2.66 bits per heavy atom. The summed E-state index contributed by atoms with van der Waals surface area (Å²) < 4.78 is 6.78. The van der Waals surface area contributed by atoms with Crippen molar-refractivity contribution >= 4 is 17.7 Å². The summed E-state index contributed by atoms with van der Waals surface area (Å²) in [6.07, 6.45) is 4.56. The molecular formula is C24H27N5O3. The van der Waals surface area contributed by atoms with Crippen LogP contribution in [0.3, 0.4) is 0 Å². The van der Waals surface area contributed by atoms with Gasteiger partial charge >= 0.3 is 12.0 Å². The number of carbonyl (C=O) groups is 2. The zero-order valence-corrected chi connectivity index (χ0v) is 18.1. The second-order valence-electron chi connectivity index (χ2n) is 8.02. The lowest BCUT2D eigenvalue weighted by atomic mass is 9.94. The molecule has 1 aromatic heterocycles. The molecule has 2 heterocycles. The number of amides is 2. The van der Waals surface area contributed by atoms with Crippen molar-refractivity contribution in [3.05, 3.63) is 77.9 Å². The van der Waals surface area contributed by atoms with Crippen molar-refractivity contribution < 1.29 is 14.3 Å². The number of esters is 1. The zero-order chi connectivity index (χ0) is 22.3. The normalized spacial score (nSPS) is 15.9. The van der Waals surface area contributed by atoms with E-state index in [1.807, 2.05) is 23.1 Å². The Morgan fingerprint density at radius 1 is 1.12 bits per heavy atom. The van der Waals surface area contributed by atoms with Gasteiger partial charge in [0.05, 0.1) is 19.2 Å². The van der Waals surface area contributed by atoms with Crippen LogP contribution in [0.4, 0.5) is 10.5 Å². The highest BCUT2D eigenvalue weighted by Crippen LogP contribution is 2.22. The van der Waals surface area contributed by atoms with Gasteiger partial charge in [0.2, 0.25) is 0 Å². The van der Waals surface area contributed by atoms with Gasteiger partial charge in [-0.15, -0.1) is 10.2 Å². The van der Waals surface area contributed by atoms with E-state index in [2.05, 4.69) is 32.2 Å². The number of nitrogens with zero attached hydrogens (tertiary/aromatic N) is 4. The van der Waals surface area contributed by atoms with Gasteiger partial charge in [-0.3, -0.25) is 0 Å². The van der Waals surface area contributed by atoms with E-state index in [9.17, 15) is 9.59 Å². The maximum atomic E-state index is 12.8. The summed E-state index contributed by atoms with van der Waals surface area (Å²) in [5, 5.41) is 11.4. The van der Waals surface area contributed by atoms with Crippen LogP contribution in [0, 0.1) is 5.92 Å². The van der Waals surface area contributed by atoms with Crippen LogP contribution in [0.5, 0.6) is 0 Å². The number of urea groups is 1. The second-order valence-corrected chi connectivity index (χ2v) is 8.02. The minimum atomic E-state index is -0.401.